The van der Waals surface area contributed by atoms with E-state index >= 15 is 0 Å². The Balaban J connectivity index is 1.05. The van der Waals surface area contributed by atoms with Gasteiger partial charge in [-0.25, -0.2) is 0 Å². The molecule has 3 fully saturated rings. The maximum absolute atomic E-state index is 14.0. The van der Waals surface area contributed by atoms with Crippen LogP contribution in [0.25, 0.3) is 22.0 Å². The molecule has 2 aliphatic heterocycles. The van der Waals surface area contributed by atoms with Gasteiger partial charge in [-0.05, 0) is 35.6 Å². The zero-order chi connectivity index (χ0) is 28.5. The summed E-state index contributed by atoms with van der Waals surface area (Å²) in [5.74, 6) is -0.486. The minimum atomic E-state index is -0.701. The van der Waals surface area contributed by atoms with Crippen molar-refractivity contribution in [1.82, 2.24) is 25.1 Å². The first kappa shape index (κ1) is 25.5. The highest BCUT2D eigenvalue weighted by molar-refractivity contribution is 6.00. The number of hydrogen-bond acceptors (Lipinski definition) is 4. The summed E-state index contributed by atoms with van der Waals surface area (Å²) in [6.45, 7) is 7.01. The van der Waals surface area contributed by atoms with Gasteiger partial charge in [0, 0.05) is 47.2 Å². The molecule has 3 amide bonds. The quantitative estimate of drug-likeness (QED) is 0.384. The fraction of sp³-hybridized carbons (Fsp3) is 0.333. The molecule has 4 aromatic rings. The van der Waals surface area contributed by atoms with Crippen LogP contribution in [-0.4, -0.2) is 68.7 Å². The predicted molar refractivity (Wildman–Crippen MR) is 156 cm³/mol. The molecule has 4 heterocycles. The van der Waals surface area contributed by atoms with E-state index in [0.29, 0.717) is 24.5 Å². The van der Waals surface area contributed by atoms with E-state index in [1.165, 1.54) is 0 Å². The smallest absolute Gasteiger partial charge is 0.272 e. The Labute approximate surface area is 238 Å². The normalized spacial score (nSPS) is 23.4. The number of aromatic nitrogens is 2. The van der Waals surface area contributed by atoms with Gasteiger partial charge in [-0.1, -0.05) is 75.4 Å². The predicted octanol–water partition coefficient (Wildman–Crippen LogP) is 4.50. The standard InChI is InChI=1S/C33H33N5O3/c1-32(2,3)28(36-29(39)25-15-21-11-7-8-12-23(21)35-25)31(41)37-18-27-33(16-26(33)37)19-38(27)30(40)24-14-13-22(17-34-24)20-9-5-4-6-10-20/h4-15,17,26-28,35H,16,18-19H2,1-3H3,(H,36,39)/t26-,27+,28+,33?/m0/s1. The molecule has 8 heteroatoms. The number of carbonyl (C=O) groups is 3. The SMILES string of the molecule is CC(C)(C)[C@H](NC(=O)c1cc2ccccc2[nH]1)C(=O)N1C[C@H]2N(C(=O)c3ccc(-c4ccccc4)cn3)CC23C[C@H]13. The largest absolute Gasteiger partial charge is 0.351 e. The Bertz CT molecular complexity index is 1640. The maximum Gasteiger partial charge on any atom is 0.272 e. The van der Waals surface area contributed by atoms with Crippen molar-refractivity contribution >= 4 is 28.6 Å². The van der Waals surface area contributed by atoms with Crippen molar-refractivity contribution < 1.29 is 14.4 Å². The van der Waals surface area contributed by atoms with Gasteiger partial charge in [0.2, 0.25) is 5.91 Å². The number of nitrogens with zero attached hydrogens (tertiary/aromatic N) is 3. The third-order valence-electron chi connectivity index (χ3n) is 9.12. The summed E-state index contributed by atoms with van der Waals surface area (Å²) in [6, 6.07) is 22.6. The lowest BCUT2D eigenvalue weighted by atomic mass is 9.85. The fourth-order valence-electron chi connectivity index (χ4n) is 6.72. The lowest BCUT2D eigenvalue weighted by Gasteiger charge is -2.46. The van der Waals surface area contributed by atoms with Crippen LogP contribution in [0.3, 0.4) is 0 Å². The Morgan fingerprint density at radius 1 is 0.951 bits per heavy atom. The number of nitrogens with one attached hydrogen (secondary N) is 2. The minimum Gasteiger partial charge on any atom is -0.351 e. The molecular weight excluding hydrogens is 514 g/mol. The summed E-state index contributed by atoms with van der Waals surface area (Å²) in [4.78, 5) is 52.1. The van der Waals surface area contributed by atoms with E-state index in [9.17, 15) is 14.4 Å². The van der Waals surface area contributed by atoms with Gasteiger partial charge in [-0.2, -0.15) is 0 Å². The number of hydrogen-bond donors (Lipinski definition) is 2. The summed E-state index contributed by atoms with van der Waals surface area (Å²) in [5, 5.41) is 3.97. The molecule has 1 aliphatic carbocycles. The number of pyridine rings is 1. The summed E-state index contributed by atoms with van der Waals surface area (Å²) >= 11 is 0. The average molecular weight is 548 g/mol. The zero-order valence-electron chi connectivity index (χ0n) is 23.4. The summed E-state index contributed by atoms with van der Waals surface area (Å²) in [5.41, 5.74) is 3.21. The topological polar surface area (TPSA) is 98.4 Å². The van der Waals surface area contributed by atoms with E-state index in [0.717, 1.165) is 28.5 Å². The number of fused-ring (bicyclic) bond motifs is 1. The molecular formula is C33H33N5O3. The summed E-state index contributed by atoms with van der Waals surface area (Å²) in [7, 11) is 0. The Morgan fingerprint density at radius 3 is 2.41 bits per heavy atom. The number of likely N-dealkylation sites (tertiary alicyclic amines) is 2. The fourth-order valence-corrected chi connectivity index (χ4v) is 6.72. The number of para-hydroxylation sites is 1. The van der Waals surface area contributed by atoms with Gasteiger partial charge in [0.25, 0.3) is 11.8 Å². The van der Waals surface area contributed by atoms with Crippen LogP contribution in [0, 0.1) is 10.8 Å². The van der Waals surface area contributed by atoms with Gasteiger partial charge >= 0.3 is 0 Å². The van der Waals surface area contributed by atoms with Crippen LogP contribution >= 0.6 is 0 Å². The third kappa shape index (κ3) is 4.12. The Morgan fingerprint density at radius 2 is 1.71 bits per heavy atom. The molecule has 2 saturated heterocycles. The number of amides is 3. The number of benzene rings is 2. The van der Waals surface area contributed by atoms with Gasteiger partial charge < -0.3 is 20.1 Å². The average Bonchev–Trinajstić information content (AvgIpc) is 3.48. The molecule has 0 bridgehead atoms. The van der Waals surface area contributed by atoms with Crippen molar-refractivity contribution in [2.45, 2.75) is 45.3 Å². The van der Waals surface area contributed by atoms with Crippen LogP contribution in [0.15, 0.2) is 79.0 Å². The molecule has 4 atom stereocenters. The Kier molecular flexibility index (Phi) is 5.61. The van der Waals surface area contributed by atoms with Crippen molar-refractivity contribution in [3.8, 4) is 11.1 Å². The molecule has 1 unspecified atom stereocenters. The highest BCUT2D eigenvalue weighted by Gasteiger charge is 2.76. The van der Waals surface area contributed by atoms with Crippen LogP contribution in [0.4, 0.5) is 0 Å². The van der Waals surface area contributed by atoms with Gasteiger partial charge in [-0.3, -0.25) is 19.4 Å². The van der Waals surface area contributed by atoms with Crippen molar-refractivity contribution in [2.75, 3.05) is 13.1 Å². The molecule has 1 spiro atoms. The second-order valence-electron chi connectivity index (χ2n) is 12.7. The van der Waals surface area contributed by atoms with Crippen molar-refractivity contribution in [3.05, 3.63) is 90.4 Å². The van der Waals surface area contributed by atoms with E-state index in [1.54, 1.807) is 12.3 Å². The van der Waals surface area contributed by atoms with Crippen molar-refractivity contribution in [3.63, 3.8) is 0 Å². The van der Waals surface area contributed by atoms with E-state index in [4.69, 9.17) is 0 Å². The van der Waals surface area contributed by atoms with Crippen LogP contribution in [0.2, 0.25) is 0 Å². The lowest BCUT2D eigenvalue weighted by Crippen LogP contribution is -2.61. The van der Waals surface area contributed by atoms with Crippen molar-refractivity contribution in [1.29, 1.82) is 0 Å². The minimum absolute atomic E-state index is 0.0235. The van der Waals surface area contributed by atoms with Crippen molar-refractivity contribution in [2.24, 2.45) is 10.8 Å². The van der Waals surface area contributed by atoms with E-state index in [1.807, 2.05) is 97.3 Å². The van der Waals surface area contributed by atoms with Crippen LogP contribution < -0.4 is 5.32 Å². The van der Waals surface area contributed by atoms with Crippen LogP contribution in [-0.2, 0) is 4.79 Å². The first-order valence-corrected chi connectivity index (χ1v) is 14.2. The first-order valence-electron chi connectivity index (χ1n) is 14.2. The number of aromatic amines is 1. The molecule has 0 radical (unpaired) electrons. The van der Waals surface area contributed by atoms with Crippen LogP contribution in [0.5, 0.6) is 0 Å². The number of rotatable bonds is 5. The second kappa shape index (κ2) is 9.03. The highest BCUT2D eigenvalue weighted by Crippen LogP contribution is 2.65. The highest BCUT2D eigenvalue weighted by atomic mass is 16.2. The van der Waals surface area contributed by atoms with Gasteiger partial charge in [-0.15, -0.1) is 0 Å². The monoisotopic (exact) mass is 547 g/mol. The van der Waals surface area contributed by atoms with Gasteiger partial charge in [0.05, 0.1) is 6.04 Å². The Hall–Kier alpha value is -4.46. The molecule has 2 N–H and O–H groups in total. The first-order chi connectivity index (χ1) is 19.7. The van der Waals surface area contributed by atoms with E-state index < -0.39 is 11.5 Å². The molecule has 8 nitrogen and oxygen atoms in total. The third-order valence-corrected chi connectivity index (χ3v) is 9.12. The molecule has 1 saturated carbocycles. The molecule has 41 heavy (non-hydrogen) atoms. The zero-order valence-corrected chi connectivity index (χ0v) is 23.4. The van der Waals surface area contributed by atoms with Gasteiger partial charge in [0.1, 0.15) is 17.4 Å². The second-order valence-corrected chi connectivity index (χ2v) is 12.7. The van der Waals surface area contributed by atoms with E-state index in [2.05, 4.69) is 15.3 Å². The number of H-pyrrole nitrogens is 1. The maximum atomic E-state index is 14.0. The van der Waals surface area contributed by atoms with Gasteiger partial charge in [0.15, 0.2) is 0 Å². The van der Waals surface area contributed by atoms with E-state index in [-0.39, 0.29) is 35.2 Å². The van der Waals surface area contributed by atoms with Crippen LogP contribution in [0.1, 0.15) is 48.2 Å². The summed E-state index contributed by atoms with van der Waals surface area (Å²) in [6.07, 6.45) is 2.63. The molecule has 2 aromatic carbocycles. The lowest BCUT2D eigenvalue weighted by molar-refractivity contribution is -0.135. The number of piperidine rings is 1. The molecule has 7 rings (SSSR count). The summed E-state index contributed by atoms with van der Waals surface area (Å²) < 4.78 is 0. The molecule has 2 aromatic heterocycles. The molecule has 208 valence electrons. The number of carbonyl (C=O) groups excluding carboxylic acids is 3. The molecule has 3 aliphatic rings.